The van der Waals surface area contributed by atoms with Gasteiger partial charge in [-0.3, -0.25) is 10.1 Å². The van der Waals surface area contributed by atoms with E-state index in [0.29, 0.717) is 6.42 Å². The van der Waals surface area contributed by atoms with E-state index < -0.39 is 12.0 Å². The second-order valence-electron chi connectivity index (χ2n) is 3.66. The topological polar surface area (TPSA) is 86.6 Å². The molecule has 17 heavy (non-hydrogen) atoms. The average molecular weight is 237 g/mol. The fourth-order valence-corrected chi connectivity index (χ4v) is 1.62. The molecule has 5 nitrogen and oxygen atoms in total. The molecule has 0 aliphatic heterocycles. The van der Waals surface area contributed by atoms with Crippen molar-refractivity contribution in [3.63, 3.8) is 0 Å². The van der Waals surface area contributed by atoms with Gasteiger partial charge in [-0.1, -0.05) is 13.0 Å². The highest BCUT2D eigenvalue weighted by Crippen LogP contribution is 2.18. The second-order valence-corrected chi connectivity index (χ2v) is 3.66. The molecule has 1 rings (SSSR count). The summed E-state index contributed by atoms with van der Waals surface area (Å²) in [5.74, 6) is -0.326. The molecule has 0 aliphatic carbocycles. The van der Waals surface area contributed by atoms with Crippen LogP contribution in [-0.2, 0) is 17.6 Å². The van der Waals surface area contributed by atoms with Gasteiger partial charge >= 0.3 is 6.09 Å². The maximum absolute atomic E-state index is 11.2. The maximum atomic E-state index is 11.2. The summed E-state index contributed by atoms with van der Waals surface area (Å²) in [7, 11) is 0. The number of benzene rings is 1. The van der Waals surface area contributed by atoms with Gasteiger partial charge < -0.3 is 10.2 Å². The number of imide groups is 1. The minimum atomic E-state index is -1.34. The lowest BCUT2D eigenvalue weighted by molar-refractivity contribution is -0.120. The Morgan fingerprint density at radius 2 is 2.00 bits per heavy atom. The number of aromatic hydroxyl groups is 1. The van der Waals surface area contributed by atoms with E-state index in [-0.39, 0.29) is 12.2 Å². The Morgan fingerprint density at radius 1 is 1.29 bits per heavy atom. The fraction of sp³-hybridized carbons (Fsp3) is 0.333. The molecule has 0 fully saturated rings. The number of nitrogens with one attached hydrogen (secondary N) is 1. The number of phenolic OH excluding ortho intramolecular Hbond substituents is 1. The van der Waals surface area contributed by atoms with Crippen molar-refractivity contribution in [2.24, 2.45) is 0 Å². The van der Waals surface area contributed by atoms with E-state index in [1.54, 1.807) is 23.5 Å². The Balaban J connectivity index is 2.63. The van der Waals surface area contributed by atoms with Gasteiger partial charge in [0.1, 0.15) is 5.75 Å². The maximum Gasteiger partial charge on any atom is 0.411 e. The minimum Gasteiger partial charge on any atom is -0.508 e. The Morgan fingerprint density at radius 3 is 2.59 bits per heavy atom. The summed E-state index contributed by atoms with van der Waals surface area (Å²) in [6.07, 6.45) is -0.00636. The predicted octanol–water partition coefficient (Wildman–Crippen LogP) is 1.68. The lowest BCUT2D eigenvalue weighted by atomic mass is 10.0. The molecule has 0 saturated heterocycles. The van der Waals surface area contributed by atoms with Crippen molar-refractivity contribution >= 4 is 12.0 Å². The second kappa shape index (κ2) is 5.89. The summed E-state index contributed by atoms with van der Waals surface area (Å²) in [6.45, 7) is 1.95. The molecule has 0 saturated carbocycles. The van der Waals surface area contributed by atoms with Gasteiger partial charge in [0.05, 0.1) is 0 Å². The van der Waals surface area contributed by atoms with Gasteiger partial charge in [0.2, 0.25) is 5.91 Å². The predicted molar refractivity (Wildman–Crippen MR) is 62.0 cm³/mol. The number of carbonyl (C=O) groups excluding carboxylic acids is 1. The molecule has 0 bridgehead atoms. The zero-order valence-corrected chi connectivity index (χ0v) is 9.56. The highest BCUT2D eigenvalue weighted by atomic mass is 16.4. The van der Waals surface area contributed by atoms with Crippen molar-refractivity contribution in [3.05, 3.63) is 29.3 Å². The van der Waals surface area contributed by atoms with Crippen molar-refractivity contribution in [3.8, 4) is 5.75 Å². The molecule has 0 spiro atoms. The normalized spacial score (nSPS) is 9.94. The van der Waals surface area contributed by atoms with E-state index in [2.05, 4.69) is 0 Å². The molecule has 0 atom stereocenters. The van der Waals surface area contributed by atoms with Gasteiger partial charge in [-0.05, 0) is 36.1 Å². The van der Waals surface area contributed by atoms with Crippen LogP contribution in [0.4, 0.5) is 4.79 Å². The first-order valence-electron chi connectivity index (χ1n) is 5.36. The molecule has 0 heterocycles. The Labute approximate surface area is 99.1 Å². The monoisotopic (exact) mass is 237 g/mol. The standard InChI is InChI=1S/C12H15NO4/c1-2-8-7-10(14)5-3-9(8)4-6-11(15)13-12(16)17/h3,5,7,14H,2,4,6H2,1H3,(H,13,15)(H,16,17). The minimum absolute atomic E-state index is 0.115. The lowest BCUT2D eigenvalue weighted by Crippen LogP contribution is -2.28. The van der Waals surface area contributed by atoms with Crippen LogP contribution in [0.25, 0.3) is 0 Å². The van der Waals surface area contributed by atoms with Gasteiger partial charge in [-0.15, -0.1) is 0 Å². The van der Waals surface area contributed by atoms with Gasteiger partial charge in [-0.2, -0.15) is 0 Å². The molecule has 0 aliphatic rings. The Kier molecular flexibility index (Phi) is 4.51. The molecule has 1 aromatic carbocycles. The first-order chi connectivity index (χ1) is 8.02. The molecular formula is C12H15NO4. The molecule has 5 heteroatoms. The number of amides is 2. The van der Waals surface area contributed by atoms with Crippen LogP contribution in [0.5, 0.6) is 5.75 Å². The van der Waals surface area contributed by atoms with Crippen molar-refractivity contribution in [2.75, 3.05) is 0 Å². The number of carboxylic acid groups (broad SMARTS) is 1. The third-order valence-electron chi connectivity index (χ3n) is 2.44. The van der Waals surface area contributed by atoms with Crippen LogP contribution in [-0.4, -0.2) is 22.2 Å². The van der Waals surface area contributed by atoms with Crippen molar-refractivity contribution in [2.45, 2.75) is 26.2 Å². The largest absolute Gasteiger partial charge is 0.508 e. The van der Waals surface area contributed by atoms with E-state index in [0.717, 1.165) is 17.5 Å². The highest BCUT2D eigenvalue weighted by Gasteiger charge is 2.08. The average Bonchev–Trinajstić information content (AvgIpc) is 2.26. The van der Waals surface area contributed by atoms with Crippen LogP contribution in [0, 0.1) is 0 Å². The van der Waals surface area contributed by atoms with Crippen LogP contribution in [0.3, 0.4) is 0 Å². The number of aryl methyl sites for hydroxylation is 2. The summed E-state index contributed by atoms with van der Waals surface area (Å²) in [5.41, 5.74) is 1.92. The zero-order chi connectivity index (χ0) is 12.8. The zero-order valence-electron chi connectivity index (χ0n) is 9.56. The van der Waals surface area contributed by atoms with E-state index in [9.17, 15) is 14.7 Å². The van der Waals surface area contributed by atoms with Gasteiger partial charge in [0.15, 0.2) is 0 Å². The SMILES string of the molecule is CCc1cc(O)ccc1CCC(=O)NC(=O)O. The number of phenols is 1. The summed E-state index contributed by atoms with van der Waals surface area (Å²) in [5, 5.41) is 19.5. The third kappa shape index (κ3) is 4.14. The summed E-state index contributed by atoms with van der Waals surface area (Å²) in [4.78, 5) is 21.4. The molecule has 0 aromatic heterocycles. The van der Waals surface area contributed by atoms with E-state index in [4.69, 9.17) is 5.11 Å². The Bertz CT molecular complexity index is 429. The molecule has 1 aromatic rings. The summed E-state index contributed by atoms with van der Waals surface area (Å²) < 4.78 is 0. The molecule has 92 valence electrons. The van der Waals surface area contributed by atoms with Crippen LogP contribution in [0.15, 0.2) is 18.2 Å². The third-order valence-corrected chi connectivity index (χ3v) is 2.44. The molecule has 3 N–H and O–H groups in total. The van der Waals surface area contributed by atoms with Crippen molar-refractivity contribution in [1.29, 1.82) is 0 Å². The van der Waals surface area contributed by atoms with Gasteiger partial charge in [-0.25, -0.2) is 4.79 Å². The van der Waals surface area contributed by atoms with E-state index in [1.165, 1.54) is 0 Å². The Hall–Kier alpha value is -2.04. The molecule has 2 amide bonds. The van der Waals surface area contributed by atoms with Crippen LogP contribution < -0.4 is 5.32 Å². The first-order valence-corrected chi connectivity index (χ1v) is 5.36. The quantitative estimate of drug-likeness (QED) is 0.743. The lowest BCUT2D eigenvalue weighted by Gasteiger charge is -2.07. The molecule has 0 unspecified atom stereocenters. The van der Waals surface area contributed by atoms with E-state index >= 15 is 0 Å². The fourth-order valence-electron chi connectivity index (χ4n) is 1.62. The van der Waals surface area contributed by atoms with Crippen LogP contribution in [0.2, 0.25) is 0 Å². The number of rotatable bonds is 4. The van der Waals surface area contributed by atoms with Crippen molar-refractivity contribution in [1.82, 2.24) is 5.32 Å². The van der Waals surface area contributed by atoms with Gasteiger partial charge in [0, 0.05) is 6.42 Å². The number of carbonyl (C=O) groups is 2. The van der Waals surface area contributed by atoms with Crippen LogP contribution >= 0.6 is 0 Å². The van der Waals surface area contributed by atoms with Crippen LogP contribution in [0.1, 0.15) is 24.5 Å². The smallest absolute Gasteiger partial charge is 0.411 e. The van der Waals surface area contributed by atoms with E-state index in [1.807, 2.05) is 6.92 Å². The van der Waals surface area contributed by atoms with Crippen molar-refractivity contribution < 1.29 is 19.8 Å². The molecule has 0 radical (unpaired) electrons. The molecular weight excluding hydrogens is 222 g/mol. The first kappa shape index (κ1) is 13.0. The highest BCUT2D eigenvalue weighted by molar-refractivity contribution is 5.90. The summed E-state index contributed by atoms with van der Waals surface area (Å²) in [6, 6.07) is 4.97. The van der Waals surface area contributed by atoms with Gasteiger partial charge in [0.25, 0.3) is 0 Å². The summed E-state index contributed by atoms with van der Waals surface area (Å²) >= 11 is 0. The number of hydrogen-bond acceptors (Lipinski definition) is 3. The number of hydrogen-bond donors (Lipinski definition) is 3.